The largest absolute Gasteiger partial charge is 0.294 e. The smallest absolute Gasteiger partial charge is 0.165 e. The van der Waals surface area contributed by atoms with Gasteiger partial charge in [0.15, 0.2) is 5.78 Å². The number of hydrogen-bond acceptors (Lipinski definition) is 1. The zero-order chi connectivity index (χ0) is 10.0. The molecule has 3 heteroatoms. The highest BCUT2D eigenvalue weighted by Gasteiger charge is 2.13. The fourth-order valence-electron chi connectivity index (χ4n) is 1.07. The minimum Gasteiger partial charge on any atom is -0.294 e. The molecule has 70 valence electrons. The number of halogens is 2. The average molecular weight is 184 g/mol. The number of carbonyl (C=O) groups is 1. The second kappa shape index (κ2) is 3.64. The lowest BCUT2D eigenvalue weighted by molar-refractivity contribution is 0.0984. The van der Waals surface area contributed by atoms with Crippen molar-refractivity contribution < 1.29 is 13.6 Å². The summed E-state index contributed by atoms with van der Waals surface area (Å²) >= 11 is 0. The van der Waals surface area contributed by atoms with Gasteiger partial charge in [-0.25, -0.2) is 8.78 Å². The summed E-state index contributed by atoms with van der Waals surface area (Å²) in [5.41, 5.74) is -0.124. The third kappa shape index (κ3) is 1.74. The summed E-state index contributed by atoms with van der Waals surface area (Å²) < 4.78 is 26.0. The Labute approximate surface area is 75.4 Å². The zero-order valence-electron chi connectivity index (χ0n) is 7.53. The van der Waals surface area contributed by atoms with E-state index in [-0.39, 0.29) is 23.3 Å². The van der Waals surface area contributed by atoms with E-state index in [9.17, 15) is 13.6 Å². The van der Waals surface area contributed by atoms with Crippen molar-refractivity contribution in [1.29, 1.82) is 0 Å². The Morgan fingerprint density at radius 3 is 2.54 bits per heavy atom. The van der Waals surface area contributed by atoms with Crippen LogP contribution in [0.2, 0.25) is 0 Å². The molecule has 0 saturated carbocycles. The van der Waals surface area contributed by atoms with Crippen molar-refractivity contribution in [1.82, 2.24) is 0 Å². The van der Waals surface area contributed by atoms with Gasteiger partial charge in [-0.05, 0) is 19.1 Å². The van der Waals surface area contributed by atoms with Crippen LogP contribution in [0.25, 0.3) is 0 Å². The van der Waals surface area contributed by atoms with E-state index in [1.54, 1.807) is 6.92 Å². The number of carbonyl (C=O) groups excluding carboxylic acids is 1. The molecule has 1 aromatic rings. The van der Waals surface area contributed by atoms with Crippen LogP contribution in [-0.2, 0) is 0 Å². The van der Waals surface area contributed by atoms with Crippen molar-refractivity contribution in [3.63, 3.8) is 0 Å². The highest BCUT2D eigenvalue weighted by Crippen LogP contribution is 2.16. The summed E-state index contributed by atoms with van der Waals surface area (Å²) in [6, 6.07) is 2.30. The maximum absolute atomic E-state index is 13.2. The molecule has 0 spiro atoms. The monoisotopic (exact) mass is 184 g/mol. The third-order valence-corrected chi connectivity index (χ3v) is 1.94. The minimum absolute atomic E-state index is 0.0265. The van der Waals surface area contributed by atoms with Gasteiger partial charge in [-0.1, -0.05) is 6.92 Å². The zero-order valence-corrected chi connectivity index (χ0v) is 7.53. The van der Waals surface area contributed by atoms with Gasteiger partial charge in [0, 0.05) is 12.0 Å². The SMILES string of the molecule is CCC(=O)c1ccc(F)c(C)c1F. The van der Waals surface area contributed by atoms with Crippen LogP contribution in [0.1, 0.15) is 29.3 Å². The summed E-state index contributed by atoms with van der Waals surface area (Å²) in [4.78, 5) is 11.1. The first-order chi connectivity index (χ1) is 6.07. The van der Waals surface area contributed by atoms with Crippen molar-refractivity contribution in [2.45, 2.75) is 20.3 Å². The molecule has 0 saturated heterocycles. The van der Waals surface area contributed by atoms with E-state index in [2.05, 4.69) is 0 Å². The lowest BCUT2D eigenvalue weighted by Gasteiger charge is -2.03. The fraction of sp³-hybridized carbons (Fsp3) is 0.300. The van der Waals surface area contributed by atoms with E-state index in [0.29, 0.717) is 0 Å². The summed E-state index contributed by atoms with van der Waals surface area (Å²) in [6.45, 7) is 2.96. The van der Waals surface area contributed by atoms with Crippen LogP contribution in [0, 0.1) is 18.6 Å². The highest BCUT2D eigenvalue weighted by atomic mass is 19.1. The predicted octanol–water partition coefficient (Wildman–Crippen LogP) is 2.87. The molecule has 1 rings (SSSR count). The first kappa shape index (κ1) is 9.84. The van der Waals surface area contributed by atoms with Crippen LogP contribution in [0.15, 0.2) is 12.1 Å². The van der Waals surface area contributed by atoms with Crippen LogP contribution >= 0.6 is 0 Å². The number of ketones is 1. The molecule has 0 aliphatic heterocycles. The molecular weight excluding hydrogens is 174 g/mol. The summed E-state index contributed by atoms with van der Waals surface area (Å²) in [5.74, 6) is -1.67. The molecule has 1 nitrogen and oxygen atoms in total. The van der Waals surface area contributed by atoms with Gasteiger partial charge in [-0.2, -0.15) is 0 Å². The van der Waals surface area contributed by atoms with E-state index in [4.69, 9.17) is 0 Å². The predicted molar refractivity (Wildman–Crippen MR) is 45.7 cm³/mol. The quantitative estimate of drug-likeness (QED) is 0.646. The standard InChI is InChI=1S/C10H10F2O/c1-3-9(13)7-4-5-8(11)6(2)10(7)12/h4-5H,3H2,1-2H3. The first-order valence-electron chi connectivity index (χ1n) is 4.05. The molecule has 1 aromatic carbocycles. The third-order valence-electron chi connectivity index (χ3n) is 1.94. The molecule has 0 radical (unpaired) electrons. The lowest BCUT2D eigenvalue weighted by Crippen LogP contribution is -2.03. The van der Waals surface area contributed by atoms with E-state index < -0.39 is 11.6 Å². The van der Waals surface area contributed by atoms with Crippen molar-refractivity contribution in [3.8, 4) is 0 Å². The molecule has 0 atom stereocenters. The molecule has 0 amide bonds. The molecule has 0 fully saturated rings. The first-order valence-corrected chi connectivity index (χ1v) is 4.05. The molecule has 0 bridgehead atoms. The normalized spacial score (nSPS) is 10.2. The van der Waals surface area contributed by atoms with Crippen LogP contribution in [0.4, 0.5) is 8.78 Å². The van der Waals surface area contributed by atoms with Gasteiger partial charge in [0.25, 0.3) is 0 Å². The van der Waals surface area contributed by atoms with Crippen molar-refractivity contribution in [3.05, 3.63) is 34.9 Å². The summed E-state index contributed by atoms with van der Waals surface area (Å²) in [7, 11) is 0. The minimum atomic E-state index is -0.744. The molecule has 0 N–H and O–H groups in total. The van der Waals surface area contributed by atoms with Crippen molar-refractivity contribution >= 4 is 5.78 Å². The van der Waals surface area contributed by atoms with Gasteiger partial charge in [-0.3, -0.25) is 4.79 Å². The topological polar surface area (TPSA) is 17.1 Å². The van der Waals surface area contributed by atoms with E-state index >= 15 is 0 Å². The number of Topliss-reactive ketones (excluding diaryl/α,β-unsaturated/α-hetero) is 1. The number of benzene rings is 1. The maximum atomic E-state index is 13.2. The van der Waals surface area contributed by atoms with Crippen LogP contribution in [-0.4, -0.2) is 5.78 Å². The molecule has 0 unspecified atom stereocenters. The summed E-state index contributed by atoms with van der Waals surface area (Å²) in [6.07, 6.45) is 0.224. The van der Waals surface area contributed by atoms with Crippen LogP contribution < -0.4 is 0 Å². The van der Waals surface area contributed by atoms with Crippen LogP contribution in [0.5, 0.6) is 0 Å². The van der Waals surface area contributed by atoms with Gasteiger partial charge in [0.05, 0.1) is 5.56 Å². The van der Waals surface area contributed by atoms with E-state index in [1.165, 1.54) is 13.0 Å². The molecule has 0 aromatic heterocycles. The second-order valence-corrected chi connectivity index (χ2v) is 2.81. The van der Waals surface area contributed by atoms with E-state index in [0.717, 1.165) is 6.07 Å². The Kier molecular flexibility index (Phi) is 2.76. The summed E-state index contributed by atoms with van der Waals surface area (Å²) in [5, 5.41) is 0. The second-order valence-electron chi connectivity index (χ2n) is 2.81. The van der Waals surface area contributed by atoms with Gasteiger partial charge in [-0.15, -0.1) is 0 Å². The fourth-order valence-corrected chi connectivity index (χ4v) is 1.07. The lowest BCUT2D eigenvalue weighted by atomic mass is 10.0. The van der Waals surface area contributed by atoms with E-state index in [1.807, 2.05) is 0 Å². The van der Waals surface area contributed by atoms with Gasteiger partial charge < -0.3 is 0 Å². The van der Waals surface area contributed by atoms with Gasteiger partial charge in [0.2, 0.25) is 0 Å². The van der Waals surface area contributed by atoms with Crippen molar-refractivity contribution in [2.75, 3.05) is 0 Å². The molecular formula is C10H10F2O. The number of rotatable bonds is 2. The molecule has 13 heavy (non-hydrogen) atoms. The van der Waals surface area contributed by atoms with Crippen molar-refractivity contribution in [2.24, 2.45) is 0 Å². The van der Waals surface area contributed by atoms with Crippen LogP contribution in [0.3, 0.4) is 0 Å². The Hall–Kier alpha value is -1.25. The van der Waals surface area contributed by atoms with Gasteiger partial charge >= 0.3 is 0 Å². The van der Waals surface area contributed by atoms with Gasteiger partial charge in [0.1, 0.15) is 11.6 Å². The molecule has 0 aliphatic rings. The highest BCUT2D eigenvalue weighted by molar-refractivity contribution is 5.96. The Morgan fingerprint density at radius 1 is 1.38 bits per heavy atom. The molecule has 0 aliphatic carbocycles. The Balaban J connectivity index is 3.26. The Morgan fingerprint density at radius 2 is 2.00 bits per heavy atom. The maximum Gasteiger partial charge on any atom is 0.165 e. The Bertz CT molecular complexity index is 345. The number of hydrogen-bond donors (Lipinski definition) is 0. The average Bonchev–Trinajstić information content (AvgIpc) is 2.13. The molecule has 0 heterocycles.